The number of hydrogen-bond donors (Lipinski definition) is 2. The second kappa shape index (κ2) is 6.09. The predicted molar refractivity (Wildman–Crippen MR) is 83.2 cm³/mol. The molecule has 1 aromatic heterocycles. The van der Waals surface area contributed by atoms with Crippen molar-refractivity contribution in [1.29, 1.82) is 0 Å². The van der Waals surface area contributed by atoms with Gasteiger partial charge in [0.1, 0.15) is 5.75 Å². The molecule has 2 amide bonds. The summed E-state index contributed by atoms with van der Waals surface area (Å²) < 4.78 is 6.93. The summed E-state index contributed by atoms with van der Waals surface area (Å²) in [6.07, 6.45) is 5.85. The van der Waals surface area contributed by atoms with E-state index in [1.807, 2.05) is 37.4 Å². The molecular formula is C16H20N4O2. The molecule has 0 radical (unpaired) electrons. The number of aromatic nitrogens is 2. The van der Waals surface area contributed by atoms with E-state index in [-0.39, 0.29) is 12.1 Å². The van der Waals surface area contributed by atoms with E-state index in [1.165, 1.54) is 0 Å². The van der Waals surface area contributed by atoms with Crippen LogP contribution in [0.4, 0.5) is 4.79 Å². The van der Waals surface area contributed by atoms with E-state index in [1.54, 1.807) is 18.0 Å². The van der Waals surface area contributed by atoms with Gasteiger partial charge in [0.2, 0.25) is 0 Å². The number of nitrogens with zero attached hydrogens (tertiary/aromatic N) is 2. The second-order valence-corrected chi connectivity index (χ2v) is 5.53. The van der Waals surface area contributed by atoms with E-state index in [2.05, 4.69) is 15.7 Å². The third-order valence-electron chi connectivity index (χ3n) is 3.70. The Labute approximate surface area is 129 Å². The molecule has 116 valence electrons. The van der Waals surface area contributed by atoms with Gasteiger partial charge in [0, 0.05) is 17.8 Å². The molecule has 1 unspecified atom stereocenters. The molecule has 0 saturated heterocycles. The molecule has 2 N–H and O–H groups in total. The van der Waals surface area contributed by atoms with Crippen LogP contribution in [-0.4, -0.2) is 29.0 Å². The molecule has 1 atom stereocenters. The Kier molecular flexibility index (Phi) is 4.00. The van der Waals surface area contributed by atoms with E-state index < -0.39 is 0 Å². The van der Waals surface area contributed by atoms with Crippen LogP contribution in [0.2, 0.25) is 0 Å². The summed E-state index contributed by atoms with van der Waals surface area (Å²) in [6, 6.07) is 7.80. The number of carbonyl (C=O) groups excluding carboxylic acids is 1. The van der Waals surface area contributed by atoms with Crippen LogP contribution in [0.3, 0.4) is 0 Å². The highest BCUT2D eigenvalue weighted by atomic mass is 16.5. The average molecular weight is 300 g/mol. The van der Waals surface area contributed by atoms with Crippen molar-refractivity contribution in [3.8, 4) is 11.4 Å². The largest absolute Gasteiger partial charge is 0.497 e. The topological polar surface area (TPSA) is 68.2 Å². The van der Waals surface area contributed by atoms with Crippen LogP contribution in [-0.2, 0) is 0 Å². The summed E-state index contributed by atoms with van der Waals surface area (Å²) >= 11 is 0. The van der Waals surface area contributed by atoms with Crippen LogP contribution in [0.1, 0.15) is 31.4 Å². The number of nitrogens with one attached hydrogen (secondary N) is 2. The highest BCUT2D eigenvalue weighted by molar-refractivity contribution is 5.75. The fourth-order valence-corrected chi connectivity index (χ4v) is 2.17. The van der Waals surface area contributed by atoms with Gasteiger partial charge in [0.25, 0.3) is 0 Å². The number of benzene rings is 1. The van der Waals surface area contributed by atoms with Crippen LogP contribution in [0.25, 0.3) is 5.69 Å². The number of rotatable bonds is 5. The molecule has 22 heavy (non-hydrogen) atoms. The lowest BCUT2D eigenvalue weighted by Crippen LogP contribution is -2.38. The third kappa shape index (κ3) is 3.39. The molecular weight excluding hydrogens is 280 g/mol. The van der Waals surface area contributed by atoms with Crippen molar-refractivity contribution in [2.45, 2.75) is 31.8 Å². The van der Waals surface area contributed by atoms with E-state index in [4.69, 9.17) is 4.74 Å². The average Bonchev–Trinajstić information content (AvgIpc) is 3.19. The van der Waals surface area contributed by atoms with Crippen LogP contribution in [0.5, 0.6) is 5.75 Å². The Morgan fingerprint density at radius 1 is 1.36 bits per heavy atom. The summed E-state index contributed by atoms with van der Waals surface area (Å²) in [7, 11) is 1.64. The number of ether oxygens (including phenoxy) is 1. The van der Waals surface area contributed by atoms with E-state index >= 15 is 0 Å². The Bertz CT molecular complexity index is 646. The molecule has 1 aliphatic carbocycles. The fraction of sp³-hybridized carbons (Fsp3) is 0.375. The van der Waals surface area contributed by atoms with Crippen molar-refractivity contribution < 1.29 is 9.53 Å². The molecule has 1 heterocycles. The minimum absolute atomic E-state index is 0.0919. The number of carbonyl (C=O) groups is 1. The Hall–Kier alpha value is -2.50. The lowest BCUT2D eigenvalue weighted by molar-refractivity contribution is 0.237. The van der Waals surface area contributed by atoms with Crippen LogP contribution in [0, 0.1) is 0 Å². The van der Waals surface area contributed by atoms with Crippen LogP contribution >= 0.6 is 0 Å². The fourth-order valence-electron chi connectivity index (χ4n) is 2.17. The summed E-state index contributed by atoms with van der Waals surface area (Å²) in [6.45, 7) is 1.95. The van der Waals surface area contributed by atoms with Gasteiger partial charge in [-0.1, -0.05) is 0 Å². The maximum atomic E-state index is 11.8. The van der Waals surface area contributed by atoms with Gasteiger partial charge in [0.15, 0.2) is 0 Å². The smallest absolute Gasteiger partial charge is 0.315 e. The van der Waals surface area contributed by atoms with Gasteiger partial charge in [-0.25, -0.2) is 9.48 Å². The number of amides is 2. The van der Waals surface area contributed by atoms with Gasteiger partial charge < -0.3 is 15.4 Å². The van der Waals surface area contributed by atoms with Crippen molar-refractivity contribution >= 4 is 6.03 Å². The maximum absolute atomic E-state index is 11.8. The molecule has 0 bridgehead atoms. The zero-order valence-corrected chi connectivity index (χ0v) is 12.7. The Balaban J connectivity index is 1.65. The van der Waals surface area contributed by atoms with Gasteiger partial charge in [-0.15, -0.1) is 0 Å². The van der Waals surface area contributed by atoms with Gasteiger partial charge >= 0.3 is 6.03 Å². The van der Waals surface area contributed by atoms with E-state index in [9.17, 15) is 4.79 Å². The minimum atomic E-state index is -0.118. The lowest BCUT2D eigenvalue weighted by atomic mass is 10.2. The molecule has 3 rings (SSSR count). The Morgan fingerprint density at radius 3 is 2.73 bits per heavy atom. The van der Waals surface area contributed by atoms with Crippen molar-refractivity contribution in [1.82, 2.24) is 20.4 Å². The van der Waals surface area contributed by atoms with Crippen LogP contribution in [0.15, 0.2) is 36.7 Å². The summed E-state index contributed by atoms with van der Waals surface area (Å²) in [5, 5.41) is 10.2. The Morgan fingerprint density at radius 2 is 2.09 bits per heavy atom. The normalized spacial score (nSPS) is 15.2. The molecule has 1 saturated carbocycles. The zero-order valence-electron chi connectivity index (χ0n) is 12.7. The first kappa shape index (κ1) is 14.4. The lowest BCUT2D eigenvalue weighted by Gasteiger charge is -2.12. The first-order valence-electron chi connectivity index (χ1n) is 7.42. The molecule has 6 nitrogen and oxygen atoms in total. The standard InChI is InChI=1S/C16H20N4O2/c1-11(18-16(21)19-13-3-4-13)12-9-17-20(10-12)14-5-7-15(22-2)8-6-14/h5-11,13H,3-4H2,1-2H3,(H2,18,19,21). The summed E-state index contributed by atoms with van der Waals surface area (Å²) in [5.41, 5.74) is 1.91. The first-order valence-corrected chi connectivity index (χ1v) is 7.42. The quantitative estimate of drug-likeness (QED) is 0.891. The molecule has 1 aromatic carbocycles. The maximum Gasteiger partial charge on any atom is 0.315 e. The first-order chi connectivity index (χ1) is 10.7. The van der Waals surface area contributed by atoms with Gasteiger partial charge in [-0.05, 0) is 44.0 Å². The third-order valence-corrected chi connectivity index (χ3v) is 3.70. The second-order valence-electron chi connectivity index (χ2n) is 5.53. The molecule has 1 fully saturated rings. The summed E-state index contributed by atoms with van der Waals surface area (Å²) in [4.78, 5) is 11.8. The monoisotopic (exact) mass is 300 g/mol. The van der Waals surface area contributed by atoms with Gasteiger partial charge in [0.05, 0.1) is 25.0 Å². The highest BCUT2D eigenvalue weighted by Crippen LogP contribution is 2.19. The zero-order chi connectivity index (χ0) is 15.5. The highest BCUT2D eigenvalue weighted by Gasteiger charge is 2.24. The molecule has 0 aliphatic heterocycles. The van der Waals surface area contributed by atoms with Crippen molar-refractivity contribution in [2.75, 3.05) is 7.11 Å². The SMILES string of the molecule is COc1ccc(-n2cc(C(C)NC(=O)NC3CC3)cn2)cc1. The van der Waals surface area contributed by atoms with Crippen molar-refractivity contribution in [3.63, 3.8) is 0 Å². The molecule has 0 spiro atoms. The number of hydrogen-bond acceptors (Lipinski definition) is 3. The van der Waals surface area contributed by atoms with E-state index in [0.717, 1.165) is 29.8 Å². The number of methoxy groups -OCH3 is 1. The molecule has 1 aliphatic rings. The van der Waals surface area contributed by atoms with Gasteiger partial charge in [-0.3, -0.25) is 0 Å². The molecule has 6 heteroatoms. The summed E-state index contributed by atoms with van der Waals surface area (Å²) in [5.74, 6) is 0.808. The van der Waals surface area contributed by atoms with E-state index in [0.29, 0.717) is 6.04 Å². The van der Waals surface area contributed by atoms with Gasteiger partial charge in [-0.2, -0.15) is 5.10 Å². The number of urea groups is 1. The van der Waals surface area contributed by atoms with Crippen molar-refractivity contribution in [2.24, 2.45) is 0 Å². The predicted octanol–water partition coefficient (Wildman–Crippen LogP) is 2.40. The van der Waals surface area contributed by atoms with Crippen LogP contribution < -0.4 is 15.4 Å². The van der Waals surface area contributed by atoms with Crippen molar-refractivity contribution in [3.05, 3.63) is 42.2 Å². The molecule has 2 aromatic rings. The minimum Gasteiger partial charge on any atom is -0.497 e.